The Bertz CT molecular complexity index is 224. The van der Waals surface area contributed by atoms with Gasteiger partial charge in [0.05, 0.1) is 6.04 Å². The second-order valence-electron chi connectivity index (χ2n) is 3.23. The molecule has 0 aliphatic carbocycles. The predicted molar refractivity (Wildman–Crippen MR) is 50.6 cm³/mol. The molecule has 1 fully saturated rings. The van der Waals surface area contributed by atoms with E-state index in [-0.39, 0.29) is 0 Å². The molecule has 1 saturated heterocycles. The lowest BCUT2D eigenvalue weighted by Gasteiger charge is -2.22. The number of hydrogen-bond donors (Lipinski definition) is 1. The van der Waals surface area contributed by atoms with Crippen LogP contribution in [0.15, 0.2) is 30.3 Å². The normalized spacial score (nSPS) is 19.3. The molecule has 0 bridgehead atoms. The molecule has 12 heavy (non-hydrogen) atoms. The fourth-order valence-electron chi connectivity index (χ4n) is 1.64. The van der Waals surface area contributed by atoms with Crippen molar-refractivity contribution in [1.82, 2.24) is 5.32 Å². The van der Waals surface area contributed by atoms with Gasteiger partial charge in [0.2, 0.25) is 0 Å². The summed E-state index contributed by atoms with van der Waals surface area (Å²) in [6.07, 6.45) is 3.86. The van der Waals surface area contributed by atoms with Crippen molar-refractivity contribution in [3.63, 3.8) is 0 Å². The van der Waals surface area contributed by atoms with E-state index in [9.17, 15) is 0 Å². The first-order valence-corrected chi connectivity index (χ1v) is 4.62. The largest absolute Gasteiger partial charge is 0.306 e. The van der Waals surface area contributed by atoms with Gasteiger partial charge in [0.1, 0.15) is 0 Å². The molecule has 1 N–H and O–H groups in total. The summed E-state index contributed by atoms with van der Waals surface area (Å²) in [5.41, 5.74) is 1.36. The SMILES string of the molecule is c1ccc([C]2CCCCN2)cc1. The van der Waals surface area contributed by atoms with Crippen LogP contribution in [-0.2, 0) is 0 Å². The standard InChI is InChI=1S/C11H14N/c1-2-6-10(7-3-1)11-8-4-5-9-12-11/h1-3,6-7,12H,4-5,8-9H2. The number of hydrogen-bond acceptors (Lipinski definition) is 1. The van der Waals surface area contributed by atoms with E-state index in [1.165, 1.54) is 30.9 Å². The maximum Gasteiger partial charge on any atom is 0.0661 e. The minimum Gasteiger partial charge on any atom is -0.306 e. The number of rotatable bonds is 1. The molecule has 0 amide bonds. The third-order valence-corrected chi connectivity index (χ3v) is 2.31. The van der Waals surface area contributed by atoms with Crippen LogP contribution >= 0.6 is 0 Å². The number of benzene rings is 1. The minimum absolute atomic E-state index is 1.14. The van der Waals surface area contributed by atoms with E-state index in [0.29, 0.717) is 0 Å². The van der Waals surface area contributed by atoms with Crippen LogP contribution in [0, 0.1) is 6.04 Å². The van der Waals surface area contributed by atoms with E-state index >= 15 is 0 Å². The van der Waals surface area contributed by atoms with E-state index in [0.717, 1.165) is 6.54 Å². The first-order valence-electron chi connectivity index (χ1n) is 4.62. The molecule has 63 valence electrons. The summed E-state index contributed by atoms with van der Waals surface area (Å²) in [5.74, 6) is 0. The molecule has 0 saturated carbocycles. The fraction of sp³-hybridized carbons (Fsp3) is 0.364. The van der Waals surface area contributed by atoms with E-state index < -0.39 is 0 Å². The minimum atomic E-state index is 1.14. The van der Waals surface area contributed by atoms with Crippen LogP contribution in [0.4, 0.5) is 0 Å². The molecule has 1 heterocycles. The Hall–Kier alpha value is -0.820. The monoisotopic (exact) mass is 160 g/mol. The highest BCUT2D eigenvalue weighted by molar-refractivity contribution is 5.29. The number of piperidine rings is 1. The lowest BCUT2D eigenvalue weighted by molar-refractivity contribution is 0.532. The topological polar surface area (TPSA) is 12.0 Å². The van der Waals surface area contributed by atoms with Crippen LogP contribution in [-0.4, -0.2) is 6.54 Å². The molecule has 1 aliphatic rings. The van der Waals surface area contributed by atoms with E-state index in [1.54, 1.807) is 0 Å². The highest BCUT2D eigenvalue weighted by Crippen LogP contribution is 2.20. The fourth-order valence-corrected chi connectivity index (χ4v) is 1.64. The van der Waals surface area contributed by atoms with Crippen molar-refractivity contribution < 1.29 is 0 Å². The summed E-state index contributed by atoms with van der Waals surface area (Å²) >= 11 is 0. The van der Waals surface area contributed by atoms with Crippen molar-refractivity contribution in [3.8, 4) is 0 Å². The molecule has 0 aromatic heterocycles. The van der Waals surface area contributed by atoms with E-state index in [1.807, 2.05) is 0 Å². The van der Waals surface area contributed by atoms with E-state index in [2.05, 4.69) is 35.6 Å². The Labute approximate surface area is 73.8 Å². The van der Waals surface area contributed by atoms with Gasteiger partial charge in [-0.1, -0.05) is 30.3 Å². The Morgan fingerprint density at radius 3 is 2.50 bits per heavy atom. The average molecular weight is 160 g/mol. The van der Waals surface area contributed by atoms with Gasteiger partial charge in [-0.15, -0.1) is 0 Å². The van der Waals surface area contributed by atoms with Crippen molar-refractivity contribution >= 4 is 0 Å². The zero-order valence-corrected chi connectivity index (χ0v) is 7.22. The third-order valence-electron chi connectivity index (χ3n) is 2.31. The molecule has 1 aromatic rings. The summed E-state index contributed by atoms with van der Waals surface area (Å²) in [6, 6.07) is 12.0. The maximum atomic E-state index is 3.45. The second kappa shape index (κ2) is 3.72. The zero-order valence-electron chi connectivity index (χ0n) is 7.22. The first kappa shape index (κ1) is 7.81. The lowest BCUT2D eigenvalue weighted by atomic mass is 9.98. The Balaban J connectivity index is 2.08. The third kappa shape index (κ3) is 1.67. The second-order valence-corrected chi connectivity index (χ2v) is 3.23. The quantitative estimate of drug-likeness (QED) is 0.665. The smallest absolute Gasteiger partial charge is 0.0661 e. The van der Waals surface area contributed by atoms with Crippen molar-refractivity contribution in [1.29, 1.82) is 0 Å². The van der Waals surface area contributed by atoms with Crippen LogP contribution in [0.1, 0.15) is 24.8 Å². The summed E-state index contributed by atoms with van der Waals surface area (Å²) in [7, 11) is 0. The highest BCUT2D eigenvalue weighted by atomic mass is 14.9. The van der Waals surface area contributed by atoms with Gasteiger partial charge in [-0.05, 0) is 31.4 Å². The molecule has 1 aromatic carbocycles. The van der Waals surface area contributed by atoms with Gasteiger partial charge in [0.15, 0.2) is 0 Å². The molecule has 1 aliphatic heterocycles. The Kier molecular flexibility index (Phi) is 2.42. The summed E-state index contributed by atoms with van der Waals surface area (Å²) in [4.78, 5) is 0. The van der Waals surface area contributed by atoms with Crippen LogP contribution in [0.3, 0.4) is 0 Å². The van der Waals surface area contributed by atoms with E-state index in [4.69, 9.17) is 0 Å². The molecule has 2 rings (SSSR count). The van der Waals surface area contributed by atoms with Crippen molar-refractivity contribution in [2.24, 2.45) is 0 Å². The van der Waals surface area contributed by atoms with Gasteiger partial charge in [0, 0.05) is 0 Å². The molecule has 1 heteroatoms. The molecule has 0 atom stereocenters. The van der Waals surface area contributed by atoms with Crippen molar-refractivity contribution in [2.75, 3.05) is 6.54 Å². The summed E-state index contributed by atoms with van der Waals surface area (Å²) in [5, 5.41) is 3.45. The Morgan fingerprint density at radius 2 is 1.83 bits per heavy atom. The first-order chi connectivity index (χ1) is 5.97. The van der Waals surface area contributed by atoms with Crippen LogP contribution in [0.5, 0.6) is 0 Å². The van der Waals surface area contributed by atoms with Gasteiger partial charge >= 0.3 is 0 Å². The molecule has 0 unspecified atom stereocenters. The summed E-state index contributed by atoms with van der Waals surface area (Å²) < 4.78 is 0. The van der Waals surface area contributed by atoms with Gasteiger partial charge in [0.25, 0.3) is 0 Å². The molecular formula is C11H14N. The maximum absolute atomic E-state index is 3.45. The van der Waals surface area contributed by atoms with Gasteiger partial charge in [-0.2, -0.15) is 0 Å². The lowest BCUT2D eigenvalue weighted by Crippen LogP contribution is -2.27. The summed E-state index contributed by atoms with van der Waals surface area (Å²) in [6.45, 7) is 1.14. The average Bonchev–Trinajstić information content (AvgIpc) is 2.21. The van der Waals surface area contributed by atoms with Crippen molar-refractivity contribution in [2.45, 2.75) is 19.3 Å². The Morgan fingerprint density at radius 1 is 1.00 bits per heavy atom. The van der Waals surface area contributed by atoms with Gasteiger partial charge in [-0.3, -0.25) is 0 Å². The van der Waals surface area contributed by atoms with Crippen LogP contribution in [0.2, 0.25) is 0 Å². The molecule has 1 nitrogen and oxygen atoms in total. The number of nitrogens with one attached hydrogen (secondary N) is 1. The van der Waals surface area contributed by atoms with Crippen LogP contribution in [0.25, 0.3) is 0 Å². The zero-order chi connectivity index (χ0) is 8.23. The molecule has 0 spiro atoms. The highest BCUT2D eigenvalue weighted by Gasteiger charge is 2.14. The predicted octanol–water partition coefficient (Wildman–Crippen LogP) is 2.34. The van der Waals surface area contributed by atoms with Crippen LogP contribution < -0.4 is 5.32 Å². The molecule has 1 radical (unpaired) electrons. The van der Waals surface area contributed by atoms with Gasteiger partial charge < -0.3 is 5.32 Å². The molecular weight excluding hydrogens is 146 g/mol. The van der Waals surface area contributed by atoms with Gasteiger partial charge in [-0.25, -0.2) is 0 Å². The van der Waals surface area contributed by atoms with Crippen molar-refractivity contribution in [3.05, 3.63) is 41.9 Å².